The first-order valence-electron chi connectivity index (χ1n) is 10.4. The van der Waals surface area contributed by atoms with Gasteiger partial charge in [-0.3, -0.25) is 15.0 Å². The average molecular weight is 495 g/mol. The fraction of sp³-hybridized carbons (Fsp3) is 0.429. The van der Waals surface area contributed by atoms with Crippen LogP contribution in [-0.4, -0.2) is 80.2 Å². The molecule has 0 amide bonds. The molecule has 2 aromatic rings. The summed E-state index contributed by atoms with van der Waals surface area (Å²) in [5.74, 6) is 0. The highest BCUT2D eigenvalue weighted by Crippen LogP contribution is 2.31. The third-order valence-corrected chi connectivity index (χ3v) is 9.84. The lowest BCUT2D eigenvalue weighted by atomic mass is 9.98. The van der Waals surface area contributed by atoms with E-state index in [9.17, 15) is 26.9 Å². The molecule has 2 bridgehead atoms. The molecule has 1 unspecified atom stereocenters. The minimum Gasteiger partial charge on any atom is -0.281 e. The van der Waals surface area contributed by atoms with Gasteiger partial charge in [0.2, 0.25) is 20.0 Å². The quantitative estimate of drug-likeness (QED) is 0.453. The molecule has 4 rings (SSSR count). The second kappa shape index (κ2) is 8.44. The maximum Gasteiger partial charge on any atom is 0.261 e. The summed E-state index contributed by atoms with van der Waals surface area (Å²) in [6.45, 7) is 3.00. The fourth-order valence-electron chi connectivity index (χ4n) is 4.29. The predicted molar refractivity (Wildman–Crippen MR) is 121 cm³/mol. The summed E-state index contributed by atoms with van der Waals surface area (Å²) >= 11 is 0. The van der Waals surface area contributed by atoms with E-state index >= 15 is 0 Å². The zero-order chi connectivity index (χ0) is 24.0. The Hall–Kier alpha value is -2.38. The summed E-state index contributed by atoms with van der Waals surface area (Å²) in [4.78, 5) is 13.5. The largest absolute Gasteiger partial charge is 0.281 e. The lowest BCUT2D eigenvalue weighted by molar-refractivity contribution is -0.572. The van der Waals surface area contributed by atoms with Crippen LogP contribution in [-0.2, 0) is 20.0 Å². The first-order chi connectivity index (χ1) is 15.4. The van der Waals surface area contributed by atoms with E-state index in [1.807, 2.05) is 13.8 Å². The van der Waals surface area contributed by atoms with Crippen molar-refractivity contribution in [3.8, 4) is 0 Å². The highest BCUT2D eigenvalue weighted by Gasteiger charge is 2.56. The van der Waals surface area contributed by atoms with Gasteiger partial charge in [-0.25, -0.2) is 16.8 Å². The van der Waals surface area contributed by atoms with Crippen LogP contribution in [0.3, 0.4) is 0 Å². The fourth-order valence-corrected chi connectivity index (χ4v) is 7.30. The Kier molecular flexibility index (Phi) is 6.08. The van der Waals surface area contributed by atoms with E-state index in [0.717, 1.165) is 19.7 Å². The predicted octanol–water partition coefficient (Wildman–Crippen LogP) is 1.29. The Morgan fingerprint density at radius 1 is 0.758 bits per heavy atom. The normalized spacial score (nSPS) is 24.8. The molecule has 0 aromatic heterocycles. The topological polar surface area (TPSA) is 121 Å². The molecule has 2 atom stereocenters. The summed E-state index contributed by atoms with van der Waals surface area (Å²) in [5.41, 5.74) is -0.00109. The van der Waals surface area contributed by atoms with Crippen molar-refractivity contribution in [1.82, 2.24) is 13.5 Å². The molecular formula is C21H26N4O6S2. The van der Waals surface area contributed by atoms with E-state index in [1.54, 1.807) is 29.2 Å². The van der Waals surface area contributed by atoms with Crippen molar-refractivity contribution in [3.05, 3.63) is 69.8 Å². The van der Waals surface area contributed by atoms with E-state index in [4.69, 9.17) is 0 Å². The van der Waals surface area contributed by atoms with Gasteiger partial charge in [0.25, 0.3) is 5.54 Å². The van der Waals surface area contributed by atoms with Gasteiger partial charge in [-0.1, -0.05) is 35.4 Å². The van der Waals surface area contributed by atoms with E-state index in [0.29, 0.717) is 0 Å². The molecule has 2 fully saturated rings. The molecule has 12 heteroatoms. The second-order valence-corrected chi connectivity index (χ2v) is 12.6. The number of fused-ring (bicyclic) bond motifs is 2. The highest BCUT2D eigenvalue weighted by atomic mass is 32.2. The van der Waals surface area contributed by atoms with Crippen LogP contribution < -0.4 is 0 Å². The van der Waals surface area contributed by atoms with Gasteiger partial charge in [-0.2, -0.15) is 8.61 Å². The minimum absolute atomic E-state index is 0.0279. The van der Waals surface area contributed by atoms with Crippen molar-refractivity contribution in [2.45, 2.75) is 29.2 Å². The van der Waals surface area contributed by atoms with Crippen molar-refractivity contribution in [1.29, 1.82) is 0 Å². The number of hydrogen-bond acceptors (Lipinski definition) is 7. The maximum atomic E-state index is 13.3. The molecule has 2 aliphatic heterocycles. The van der Waals surface area contributed by atoms with Gasteiger partial charge >= 0.3 is 0 Å². The highest BCUT2D eigenvalue weighted by molar-refractivity contribution is 7.89. The van der Waals surface area contributed by atoms with Crippen LogP contribution in [0.1, 0.15) is 11.1 Å². The Labute approximate surface area is 193 Å². The minimum atomic E-state index is -4.00. The molecule has 178 valence electrons. The zero-order valence-electron chi connectivity index (χ0n) is 18.4. The van der Waals surface area contributed by atoms with Crippen molar-refractivity contribution in [2.75, 3.05) is 39.4 Å². The van der Waals surface area contributed by atoms with Crippen LogP contribution in [0.25, 0.3) is 0 Å². The Morgan fingerprint density at radius 2 is 1.21 bits per heavy atom. The Morgan fingerprint density at radius 3 is 1.70 bits per heavy atom. The SMILES string of the molecule is Cc1ccc(S(=O)(=O)N2CCN3CN(S(=O)(=O)c4ccc(C)cc4)C[C@@]([N+](=O)[O-])(C3)C2)cc1. The molecule has 2 saturated heterocycles. The summed E-state index contributed by atoms with van der Waals surface area (Å²) in [6.07, 6.45) is 0. The van der Waals surface area contributed by atoms with Gasteiger partial charge < -0.3 is 0 Å². The molecule has 0 radical (unpaired) electrons. The number of hydrogen-bond donors (Lipinski definition) is 0. The first-order valence-corrected chi connectivity index (χ1v) is 13.3. The smallest absolute Gasteiger partial charge is 0.261 e. The third-order valence-electron chi connectivity index (χ3n) is 6.19. The Balaban J connectivity index is 1.69. The summed E-state index contributed by atoms with van der Waals surface area (Å²) in [7, 11) is -7.99. The number of nitro groups is 1. The van der Waals surface area contributed by atoms with E-state index < -0.39 is 43.6 Å². The lowest BCUT2D eigenvalue weighted by Crippen LogP contribution is -2.65. The standard InChI is InChI=1S/C21H26N4O6S2/c1-17-3-7-19(8-4-17)32(28,29)23-12-11-22-13-21(14-23,25(26)27)15-24(16-22)33(30,31)20-9-5-18(2)6-10-20/h3-10H,11-16H2,1-2H3/t21-/m1/s1. The van der Waals surface area contributed by atoms with Crippen LogP contribution in [0.4, 0.5) is 0 Å². The maximum absolute atomic E-state index is 13.3. The van der Waals surface area contributed by atoms with Crippen LogP contribution in [0.5, 0.6) is 0 Å². The molecule has 0 aliphatic carbocycles. The van der Waals surface area contributed by atoms with Gasteiger partial charge in [0.1, 0.15) is 0 Å². The van der Waals surface area contributed by atoms with Gasteiger partial charge in [-0.05, 0) is 38.1 Å². The van der Waals surface area contributed by atoms with Gasteiger partial charge in [0, 0.05) is 18.0 Å². The second-order valence-electron chi connectivity index (χ2n) is 8.76. The first kappa shape index (κ1) is 23.8. The van der Waals surface area contributed by atoms with Crippen LogP contribution >= 0.6 is 0 Å². The van der Waals surface area contributed by atoms with Gasteiger partial charge in [0.05, 0.1) is 36.1 Å². The molecule has 10 nitrogen and oxygen atoms in total. The molecule has 0 saturated carbocycles. The molecule has 2 aromatic carbocycles. The molecule has 2 heterocycles. The summed E-state index contributed by atoms with van der Waals surface area (Å²) in [6, 6.07) is 12.6. The van der Waals surface area contributed by atoms with E-state index in [2.05, 4.69) is 0 Å². The molecule has 0 spiro atoms. The molecular weight excluding hydrogens is 468 g/mol. The third kappa shape index (κ3) is 4.41. The van der Waals surface area contributed by atoms with Crippen molar-refractivity contribution < 1.29 is 21.8 Å². The number of benzene rings is 2. The van der Waals surface area contributed by atoms with Gasteiger partial charge in [0.15, 0.2) is 0 Å². The van der Waals surface area contributed by atoms with Gasteiger partial charge in [-0.15, -0.1) is 0 Å². The van der Waals surface area contributed by atoms with Crippen LogP contribution in [0.2, 0.25) is 0 Å². The number of rotatable bonds is 5. The van der Waals surface area contributed by atoms with E-state index in [1.165, 1.54) is 24.3 Å². The van der Waals surface area contributed by atoms with Crippen molar-refractivity contribution in [2.24, 2.45) is 0 Å². The van der Waals surface area contributed by atoms with Crippen LogP contribution in [0.15, 0.2) is 58.3 Å². The number of aryl methyl sites for hydroxylation is 2. The molecule has 2 aliphatic rings. The summed E-state index contributed by atoms with van der Waals surface area (Å²) < 4.78 is 55.3. The number of nitrogens with zero attached hydrogens (tertiary/aromatic N) is 4. The van der Waals surface area contributed by atoms with E-state index in [-0.39, 0.29) is 36.1 Å². The molecule has 0 N–H and O–H groups in total. The number of sulfonamides is 2. The van der Waals surface area contributed by atoms with Crippen molar-refractivity contribution >= 4 is 20.0 Å². The molecule has 33 heavy (non-hydrogen) atoms. The lowest BCUT2D eigenvalue weighted by Gasteiger charge is -2.40. The van der Waals surface area contributed by atoms with Crippen molar-refractivity contribution in [3.63, 3.8) is 0 Å². The zero-order valence-corrected chi connectivity index (χ0v) is 20.0. The average Bonchev–Trinajstić information content (AvgIpc) is 2.90. The Bertz CT molecular complexity index is 1190. The summed E-state index contributed by atoms with van der Waals surface area (Å²) in [5, 5.41) is 12.3. The monoisotopic (exact) mass is 494 g/mol. The van der Waals surface area contributed by atoms with Crippen LogP contribution in [0, 0.1) is 24.0 Å².